The summed E-state index contributed by atoms with van der Waals surface area (Å²) in [6, 6.07) is 5.03. The van der Waals surface area contributed by atoms with Crippen LogP contribution in [0.15, 0.2) is 18.2 Å². The minimum atomic E-state index is -0.168. The molecule has 0 fully saturated rings. The van der Waals surface area contributed by atoms with E-state index in [0.29, 0.717) is 15.6 Å². The maximum atomic E-state index is 8.43. The highest BCUT2D eigenvalue weighted by molar-refractivity contribution is 6.35. The summed E-state index contributed by atoms with van der Waals surface area (Å²) in [5.41, 5.74) is 0.676. The SMILES string of the molecule is OCC#Cc1ccc(Cl)cc1Cl. The lowest BCUT2D eigenvalue weighted by Gasteiger charge is -1.94. The van der Waals surface area contributed by atoms with Gasteiger partial charge in [0.15, 0.2) is 0 Å². The Labute approximate surface area is 80.9 Å². The van der Waals surface area contributed by atoms with Crippen LogP contribution >= 0.6 is 23.2 Å². The van der Waals surface area contributed by atoms with Gasteiger partial charge in [-0.1, -0.05) is 35.0 Å². The van der Waals surface area contributed by atoms with Crippen molar-refractivity contribution in [3.05, 3.63) is 33.8 Å². The molecule has 0 aliphatic heterocycles. The largest absolute Gasteiger partial charge is 0.384 e. The Bertz CT molecular complexity index is 336. The van der Waals surface area contributed by atoms with Crippen molar-refractivity contribution in [3.8, 4) is 11.8 Å². The van der Waals surface area contributed by atoms with Crippen molar-refractivity contribution in [2.24, 2.45) is 0 Å². The van der Waals surface area contributed by atoms with Crippen LogP contribution in [0.2, 0.25) is 10.0 Å². The van der Waals surface area contributed by atoms with Crippen molar-refractivity contribution >= 4 is 23.2 Å². The van der Waals surface area contributed by atoms with Gasteiger partial charge in [-0.15, -0.1) is 0 Å². The summed E-state index contributed by atoms with van der Waals surface area (Å²) in [6.45, 7) is -0.168. The number of rotatable bonds is 0. The molecule has 12 heavy (non-hydrogen) atoms. The Kier molecular flexibility index (Phi) is 3.43. The van der Waals surface area contributed by atoms with Gasteiger partial charge < -0.3 is 5.11 Å². The molecule has 0 aliphatic carbocycles. The molecule has 0 aromatic heterocycles. The second-order valence-corrected chi connectivity index (χ2v) is 2.93. The highest BCUT2D eigenvalue weighted by Gasteiger charge is 1.96. The van der Waals surface area contributed by atoms with Crippen LogP contribution in [-0.4, -0.2) is 11.7 Å². The van der Waals surface area contributed by atoms with E-state index in [-0.39, 0.29) is 6.61 Å². The van der Waals surface area contributed by atoms with Crippen LogP contribution in [-0.2, 0) is 0 Å². The van der Waals surface area contributed by atoms with Crippen molar-refractivity contribution in [1.29, 1.82) is 0 Å². The molecule has 3 heteroatoms. The first-order chi connectivity index (χ1) is 5.74. The molecule has 1 rings (SSSR count). The van der Waals surface area contributed by atoms with Gasteiger partial charge in [-0.25, -0.2) is 0 Å². The molecule has 1 nitrogen and oxygen atoms in total. The highest BCUT2D eigenvalue weighted by Crippen LogP contribution is 2.19. The number of benzene rings is 1. The first-order valence-corrected chi connectivity index (χ1v) is 4.04. The third-order valence-corrected chi connectivity index (χ3v) is 1.78. The first kappa shape index (κ1) is 9.41. The molecule has 0 radical (unpaired) electrons. The zero-order valence-electron chi connectivity index (χ0n) is 6.14. The van der Waals surface area contributed by atoms with Crippen LogP contribution in [0, 0.1) is 11.8 Å². The van der Waals surface area contributed by atoms with E-state index in [4.69, 9.17) is 28.3 Å². The predicted molar refractivity (Wildman–Crippen MR) is 50.4 cm³/mol. The van der Waals surface area contributed by atoms with Crippen molar-refractivity contribution in [3.63, 3.8) is 0 Å². The quantitative estimate of drug-likeness (QED) is 0.638. The monoisotopic (exact) mass is 200 g/mol. The van der Waals surface area contributed by atoms with Crippen molar-refractivity contribution in [2.75, 3.05) is 6.61 Å². The van der Waals surface area contributed by atoms with Gasteiger partial charge in [0.05, 0.1) is 5.02 Å². The van der Waals surface area contributed by atoms with E-state index in [1.165, 1.54) is 0 Å². The molecular weight excluding hydrogens is 195 g/mol. The van der Waals surface area contributed by atoms with Gasteiger partial charge >= 0.3 is 0 Å². The number of aliphatic hydroxyl groups excluding tert-OH is 1. The summed E-state index contributed by atoms with van der Waals surface area (Å²) in [6.07, 6.45) is 0. The van der Waals surface area contributed by atoms with Gasteiger partial charge in [-0.05, 0) is 18.2 Å². The molecule has 0 unspecified atom stereocenters. The molecular formula is C9H6Cl2O. The standard InChI is InChI=1S/C9H6Cl2O/c10-8-4-3-7(2-1-5-12)9(11)6-8/h3-4,6,12H,5H2. The molecule has 1 aromatic carbocycles. The van der Waals surface area contributed by atoms with Gasteiger partial charge in [0.1, 0.15) is 6.61 Å². The van der Waals surface area contributed by atoms with E-state index < -0.39 is 0 Å². The molecule has 0 aliphatic rings. The van der Waals surface area contributed by atoms with Crippen LogP contribution in [0.1, 0.15) is 5.56 Å². The van der Waals surface area contributed by atoms with E-state index in [0.717, 1.165) is 0 Å². The second kappa shape index (κ2) is 4.37. The highest BCUT2D eigenvalue weighted by atomic mass is 35.5. The Hall–Kier alpha value is -0.680. The summed E-state index contributed by atoms with van der Waals surface area (Å²) in [5.74, 6) is 5.20. The van der Waals surface area contributed by atoms with Crippen LogP contribution in [0.5, 0.6) is 0 Å². The minimum Gasteiger partial charge on any atom is -0.384 e. The maximum Gasteiger partial charge on any atom is 0.104 e. The lowest BCUT2D eigenvalue weighted by atomic mass is 10.2. The van der Waals surface area contributed by atoms with Gasteiger partial charge in [0, 0.05) is 10.6 Å². The summed E-state index contributed by atoms with van der Waals surface area (Å²) in [7, 11) is 0. The van der Waals surface area contributed by atoms with Gasteiger partial charge in [0.2, 0.25) is 0 Å². The number of aliphatic hydroxyl groups is 1. The molecule has 62 valence electrons. The van der Waals surface area contributed by atoms with Crippen LogP contribution in [0.25, 0.3) is 0 Å². The minimum absolute atomic E-state index is 0.168. The molecule has 0 amide bonds. The maximum absolute atomic E-state index is 8.43. The number of hydrogen-bond acceptors (Lipinski definition) is 1. The summed E-state index contributed by atoms with van der Waals surface area (Å²) < 4.78 is 0. The number of hydrogen-bond donors (Lipinski definition) is 1. The molecule has 0 bridgehead atoms. The fraction of sp³-hybridized carbons (Fsp3) is 0.111. The molecule has 1 aromatic rings. The third-order valence-electron chi connectivity index (χ3n) is 1.23. The zero-order chi connectivity index (χ0) is 8.97. The average molecular weight is 201 g/mol. The van der Waals surface area contributed by atoms with Crippen molar-refractivity contribution in [1.82, 2.24) is 0 Å². The summed E-state index contributed by atoms with van der Waals surface area (Å²) in [5, 5.41) is 9.51. The summed E-state index contributed by atoms with van der Waals surface area (Å²) in [4.78, 5) is 0. The normalized spacial score (nSPS) is 8.92. The number of halogens is 2. The fourth-order valence-electron chi connectivity index (χ4n) is 0.726. The van der Waals surface area contributed by atoms with E-state index in [1.807, 2.05) is 0 Å². The molecule has 0 saturated carbocycles. The Morgan fingerprint density at radius 1 is 1.33 bits per heavy atom. The second-order valence-electron chi connectivity index (χ2n) is 2.08. The average Bonchev–Trinajstić information content (AvgIpc) is 2.03. The van der Waals surface area contributed by atoms with Gasteiger partial charge in [-0.3, -0.25) is 0 Å². The van der Waals surface area contributed by atoms with Crippen molar-refractivity contribution < 1.29 is 5.11 Å². The van der Waals surface area contributed by atoms with Crippen LogP contribution in [0.3, 0.4) is 0 Å². The van der Waals surface area contributed by atoms with Crippen LogP contribution < -0.4 is 0 Å². The molecule has 1 N–H and O–H groups in total. The van der Waals surface area contributed by atoms with Gasteiger partial charge in [-0.2, -0.15) is 0 Å². The zero-order valence-corrected chi connectivity index (χ0v) is 7.65. The Morgan fingerprint density at radius 3 is 2.67 bits per heavy atom. The van der Waals surface area contributed by atoms with E-state index in [9.17, 15) is 0 Å². The Balaban J connectivity index is 3.01. The third kappa shape index (κ3) is 2.42. The van der Waals surface area contributed by atoms with E-state index >= 15 is 0 Å². The van der Waals surface area contributed by atoms with Gasteiger partial charge in [0.25, 0.3) is 0 Å². The first-order valence-electron chi connectivity index (χ1n) is 3.29. The van der Waals surface area contributed by atoms with E-state index in [1.54, 1.807) is 18.2 Å². The van der Waals surface area contributed by atoms with E-state index in [2.05, 4.69) is 11.8 Å². The van der Waals surface area contributed by atoms with Crippen molar-refractivity contribution in [2.45, 2.75) is 0 Å². The smallest absolute Gasteiger partial charge is 0.104 e. The molecule has 0 spiro atoms. The lowest BCUT2D eigenvalue weighted by Crippen LogP contribution is -1.78. The molecule has 0 atom stereocenters. The topological polar surface area (TPSA) is 20.2 Å². The predicted octanol–water partition coefficient (Wildman–Crippen LogP) is 2.34. The summed E-state index contributed by atoms with van der Waals surface area (Å²) >= 11 is 11.5. The van der Waals surface area contributed by atoms with Crippen LogP contribution in [0.4, 0.5) is 0 Å². The lowest BCUT2D eigenvalue weighted by molar-refractivity contribution is 0.350. The molecule has 0 saturated heterocycles. The fourth-order valence-corrected chi connectivity index (χ4v) is 1.18. The Morgan fingerprint density at radius 2 is 2.08 bits per heavy atom. The molecule has 0 heterocycles.